The van der Waals surface area contributed by atoms with E-state index in [9.17, 15) is 9.90 Å². The summed E-state index contributed by atoms with van der Waals surface area (Å²) < 4.78 is 0. The number of rotatable bonds is 5. The summed E-state index contributed by atoms with van der Waals surface area (Å²) in [5.74, 6) is 0.379. The molecular weight excluding hydrogens is 328 g/mol. The zero-order valence-electron chi connectivity index (χ0n) is 16.1. The van der Waals surface area contributed by atoms with Crippen LogP contribution in [-0.2, 0) is 11.3 Å². The number of carbonyl (C=O) groups is 1. The number of nitrogens with zero attached hydrogens (tertiary/aromatic N) is 4. The smallest absolute Gasteiger partial charge is 0.236 e. The molecule has 1 aromatic heterocycles. The largest absolute Gasteiger partial charge is 0.396 e. The van der Waals surface area contributed by atoms with Crippen LogP contribution < -0.4 is 0 Å². The highest BCUT2D eigenvalue weighted by molar-refractivity contribution is 5.78. The highest BCUT2D eigenvalue weighted by Crippen LogP contribution is 2.45. The van der Waals surface area contributed by atoms with Gasteiger partial charge in [0.15, 0.2) is 0 Å². The summed E-state index contributed by atoms with van der Waals surface area (Å²) in [6.45, 7) is 5.24. The van der Waals surface area contributed by atoms with E-state index in [2.05, 4.69) is 22.0 Å². The van der Waals surface area contributed by atoms with Crippen LogP contribution in [0, 0.1) is 11.3 Å². The molecule has 2 aliphatic rings. The van der Waals surface area contributed by atoms with Crippen molar-refractivity contribution in [3.63, 3.8) is 0 Å². The van der Waals surface area contributed by atoms with Gasteiger partial charge < -0.3 is 14.9 Å². The average molecular weight is 361 g/mol. The number of hydrogen-bond acceptors (Lipinski definition) is 5. The molecule has 0 aliphatic carbocycles. The van der Waals surface area contributed by atoms with Crippen molar-refractivity contribution >= 4 is 5.91 Å². The molecule has 0 radical (unpaired) electrons. The zero-order valence-corrected chi connectivity index (χ0v) is 16.1. The van der Waals surface area contributed by atoms with Gasteiger partial charge in [-0.25, -0.2) is 0 Å². The summed E-state index contributed by atoms with van der Waals surface area (Å²) in [5, 5.41) is 10.0. The van der Waals surface area contributed by atoms with E-state index in [4.69, 9.17) is 0 Å². The van der Waals surface area contributed by atoms with E-state index in [1.54, 1.807) is 0 Å². The molecule has 1 spiro atoms. The van der Waals surface area contributed by atoms with E-state index in [0.29, 0.717) is 13.1 Å². The molecule has 2 aliphatic heterocycles. The van der Waals surface area contributed by atoms with E-state index in [-0.39, 0.29) is 23.8 Å². The van der Waals surface area contributed by atoms with Crippen molar-refractivity contribution in [2.45, 2.75) is 25.8 Å². The lowest BCUT2D eigenvalue weighted by atomic mass is 9.64. The van der Waals surface area contributed by atoms with Gasteiger partial charge in [0.1, 0.15) is 0 Å². The van der Waals surface area contributed by atoms with Gasteiger partial charge >= 0.3 is 0 Å². The topological polar surface area (TPSA) is 59.9 Å². The van der Waals surface area contributed by atoms with Gasteiger partial charge in [-0.05, 0) is 69.6 Å². The molecule has 144 valence electrons. The van der Waals surface area contributed by atoms with Crippen LogP contribution in [0.2, 0.25) is 0 Å². The number of amides is 1. The summed E-state index contributed by atoms with van der Waals surface area (Å²) in [5.41, 5.74) is 1.50. The number of pyridine rings is 1. The SMILES string of the molecule is CN(C)CC(=O)N1CCC2(CCN(Cc3ccncc3)CC2)[C@H](CO)C1. The Morgan fingerprint density at radius 2 is 1.88 bits per heavy atom. The van der Waals surface area contributed by atoms with Crippen LogP contribution >= 0.6 is 0 Å². The number of hydrogen-bond donors (Lipinski definition) is 1. The van der Waals surface area contributed by atoms with E-state index in [1.165, 1.54) is 5.56 Å². The molecule has 0 aromatic carbocycles. The maximum atomic E-state index is 12.4. The van der Waals surface area contributed by atoms with Gasteiger partial charge in [0.05, 0.1) is 6.54 Å². The van der Waals surface area contributed by atoms with Crippen molar-refractivity contribution in [3.8, 4) is 0 Å². The first-order valence-corrected chi connectivity index (χ1v) is 9.67. The molecule has 1 atom stereocenters. The molecule has 6 nitrogen and oxygen atoms in total. The molecule has 2 saturated heterocycles. The fourth-order valence-corrected chi connectivity index (χ4v) is 4.52. The highest BCUT2D eigenvalue weighted by Gasteiger charge is 2.45. The number of aliphatic hydroxyl groups excluding tert-OH is 1. The van der Waals surface area contributed by atoms with Crippen molar-refractivity contribution in [1.82, 2.24) is 19.7 Å². The molecule has 0 bridgehead atoms. The summed E-state index contributed by atoms with van der Waals surface area (Å²) in [4.78, 5) is 22.8. The maximum Gasteiger partial charge on any atom is 0.236 e. The highest BCUT2D eigenvalue weighted by atomic mass is 16.3. The number of aliphatic hydroxyl groups is 1. The predicted molar refractivity (Wildman–Crippen MR) is 102 cm³/mol. The van der Waals surface area contributed by atoms with Crippen molar-refractivity contribution < 1.29 is 9.90 Å². The minimum Gasteiger partial charge on any atom is -0.396 e. The van der Waals surface area contributed by atoms with Crippen molar-refractivity contribution in [2.75, 3.05) is 53.4 Å². The van der Waals surface area contributed by atoms with Gasteiger partial charge in [-0.2, -0.15) is 0 Å². The van der Waals surface area contributed by atoms with Crippen LogP contribution in [0.25, 0.3) is 0 Å². The van der Waals surface area contributed by atoms with E-state index in [0.717, 1.165) is 45.4 Å². The molecule has 1 aromatic rings. The standard InChI is InChI=1S/C20H32N4O2/c1-22(2)15-19(26)24-12-7-20(18(14-24)16-25)5-10-23(11-6-20)13-17-3-8-21-9-4-17/h3-4,8-9,18,25H,5-7,10-16H2,1-2H3/t18-/m0/s1. The number of likely N-dealkylation sites (N-methyl/N-ethyl adjacent to an activating group) is 1. The summed E-state index contributed by atoms with van der Waals surface area (Å²) in [7, 11) is 3.84. The Hall–Kier alpha value is -1.50. The van der Waals surface area contributed by atoms with Gasteiger partial charge in [-0.3, -0.25) is 14.7 Å². The number of likely N-dealkylation sites (tertiary alicyclic amines) is 2. The van der Waals surface area contributed by atoms with E-state index < -0.39 is 0 Å². The van der Waals surface area contributed by atoms with Crippen molar-refractivity contribution in [2.24, 2.45) is 11.3 Å². The van der Waals surface area contributed by atoms with Crippen LogP contribution in [0.4, 0.5) is 0 Å². The summed E-state index contributed by atoms with van der Waals surface area (Å²) >= 11 is 0. The van der Waals surface area contributed by atoms with Gasteiger partial charge in [0.25, 0.3) is 0 Å². The lowest BCUT2D eigenvalue weighted by Crippen LogP contribution is -2.55. The fraction of sp³-hybridized carbons (Fsp3) is 0.700. The molecule has 0 saturated carbocycles. The van der Waals surface area contributed by atoms with Gasteiger partial charge in [0.2, 0.25) is 5.91 Å². The Balaban J connectivity index is 1.56. The number of carbonyl (C=O) groups excluding carboxylic acids is 1. The minimum absolute atomic E-state index is 0.177. The van der Waals surface area contributed by atoms with Crippen LogP contribution in [0.1, 0.15) is 24.8 Å². The lowest BCUT2D eigenvalue weighted by molar-refractivity contribution is -0.138. The molecule has 6 heteroatoms. The van der Waals surface area contributed by atoms with Crippen LogP contribution in [0.5, 0.6) is 0 Å². The Morgan fingerprint density at radius 1 is 1.23 bits per heavy atom. The number of aromatic nitrogens is 1. The third kappa shape index (κ3) is 4.42. The molecule has 26 heavy (non-hydrogen) atoms. The fourth-order valence-electron chi connectivity index (χ4n) is 4.52. The van der Waals surface area contributed by atoms with Crippen molar-refractivity contribution in [3.05, 3.63) is 30.1 Å². The second kappa shape index (κ2) is 8.46. The van der Waals surface area contributed by atoms with E-state index in [1.807, 2.05) is 36.3 Å². The van der Waals surface area contributed by atoms with Crippen LogP contribution in [-0.4, -0.2) is 84.1 Å². The van der Waals surface area contributed by atoms with Crippen LogP contribution in [0.15, 0.2) is 24.5 Å². The van der Waals surface area contributed by atoms with Crippen LogP contribution in [0.3, 0.4) is 0 Å². The third-order valence-electron chi connectivity index (χ3n) is 6.22. The molecule has 3 heterocycles. The quantitative estimate of drug-likeness (QED) is 0.851. The summed E-state index contributed by atoms with van der Waals surface area (Å²) in [6.07, 6.45) is 6.94. The van der Waals surface area contributed by atoms with E-state index >= 15 is 0 Å². The van der Waals surface area contributed by atoms with Gasteiger partial charge in [-0.1, -0.05) is 0 Å². The van der Waals surface area contributed by atoms with Crippen molar-refractivity contribution in [1.29, 1.82) is 0 Å². The second-order valence-electron chi connectivity index (χ2n) is 8.20. The Kier molecular flexibility index (Phi) is 6.27. The normalized spacial score (nSPS) is 23.5. The molecule has 1 N–H and O–H groups in total. The zero-order chi connectivity index (χ0) is 18.6. The molecule has 0 unspecified atom stereocenters. The lowest BCUT2D eigenvalue weighted by Gasteiger charge is -2.51. The maximum absolute atomic E-state index is 12.4. The minimum atomic E-state index is 0.177. The molecule has 1 amide bonds. The second-order valence-corrected chi connectivity index (χ2v) is 8.20. The van der Waals surface area contributed by atoms with Gasteiger partial charge in [0, 0.05) is 44.6 Å². The average Bonchev–Trinajstić information content (AvgIpc) is 2.64. The number of piperidine rings is 2. The molecular formula is C20H32N4O2. The molecule has 2 fully saturated rings. The first-order valence-electron chi connectivity index (χ1n) is 9.67. The van der Waals surface area contributed by atoms with Gasteiger partial charge in [-0.15, -0.1) is 0 Å². The summed E-state index contributed by atoms with van der Waals surface area (Å²) in [6, 6.07) is 4.16. The predicted octanol–water partition coefficient (Wildman–Crippen LogP) is 1.07. The Bertz CT molecular complexity index is 585. The monoisotopic (exact) mass is 360 g/mol. The first-order chi connectivity index (χ1) is 12.5. The Labute approximate surface area is 156 Å². The Morgan fingerprint density at radius 3 is 2.50 bits per heavy atom. The first kappa shape index (κ1) is 19.3. The molecule has 3 rings (SSSR count). The third-order valence-corrected chi connectivity index (χ3v) is 6.22.